The first-order valence-corrected chi connectivity index (χ1v) is 6.05. The van der Waals surface area contributed by atoms with Crippen molar-refractivity contribution in [3.63, 3.8) is 0 Å². The van der Waals surface area contributed by atoms with Crippen molar-refractivity contribution >= 4 is 17.1 Å². The Hall–Kier alpha value is -1.61. The lowest BCUT2D eigenvalue weighted by molar-refractivity contribution is 0.0854. The summed E-state index contributed by atoms with van der Waals surface area (Å²) in [7, 11) is 0. The number of rotatable bonds is 1. The van der Waals surface area contributed by atoms with E-state index in [9.17, 15) is 4.79 Å². The van der Waals surface area contributed by atoms with Gasteiger partial charge in [-0.3, -0.25) is 4.79 Å². The molecule has 1 unspecified atom stereocenters. The summed E-state index contributed by atoms with van der Waals surface area (Å²) in [4.78, 5) is 13.0. The minimum absolute atomic E-state index is 0.109. The molecule has 80 valence electrons. The number of fused-ring (bicyclic) bond motifs is 1. The Kier molecular flexibility index (Phi) is 2.26. The number of benzene rings is 1. The first kappa shape index (κ1) is 9.60. The molecule has 1 aliphatic rings. The zero-order chi connectivity index (χ0) is 11.0. The van der Waals surface area contributed by atoms with Crippen LogP contribution < -0.4 is 4.74 Å². The van der Waals surface area contributed by atoms with Gasteiger partial charge in [-0.2, -0.15) is 0 Å². The van der Waals surface area contributed by atoms with E-state index >= 15 is 0 Å². The minimum atomic E-state index is -0.109. The maximum Gasteiger partial charge on any atom is 0.170 e. The number of Topliss-reactive ketones (excluding diaryl/α,β-unsaturated/α-hetero) is 1. The topological polar surface area (TPSA) is 26.3 Å². The highest BCUT2D eigenvalue weighted by atomic mass is 32.1. The molecule has 0 saturated carbocycles. The van der Waals surface area contributed by atoms with Crippen molar-refractivity contribution in [2.45, 2.75) is 12.5 Å². The molecule has 0 amide bonds. The van der Waals surface area contributed by atoms with Crippen molar-refractivity contribution in [3.05, 3.63) is 52.2 Å². The van der Waals surface area contributed by atoms with E-state index in [1.54, 1.807) is 11.3 Å². The number of para-hydroxylation sites is 1. The van der Waals surface area contributed by atoms with E-state index in [4.69, 9.17) is 4.74 Å². The van der Waals surface area contributed by atoms with E-state index < -0.39 is 0 Å². The van der Waals surface area contributed by atoms with Gasteiger partial charge in [0.15, 0.2) is 5.78 Å². The van der Waals surface area contributed by atoms with Crippen molar-refractivity contribution in [2.75, 3.05) is 0 Å². The van der Waals surface area contributed by atoms with Crippen LogP contribution in [-0.4, -0.2) is 5.78 Å². The Morgan fingerprint density at radius 1 is 1.19 bits per heavy atom. The maximum absolute atomic E-state index is 11.9. The summed E-state index contributed by atoms with van der Waals surface area (Å²) in [6.07, 6.45) is 0.333. The van der Waals surface area contributed by atoms with Crippen molar-refractivity contribution in [3.8, 4) is 5.75 Å². The maximum atomic E-state index is 11.9. The van der Waals surface area contributed by atoms with Crippen molar-refractivity contribution in [1.29, 1.82) is 0 Å². The third kappa shape index (κ3) is 1.53. The molecular weight excluding hydrogens is 220 g/mol. The van der Waals surface area contributed by atoms with Gasteiger partial charge in [-0.05, 0) is 23.6 Å². The van der Waals surface area contributed by atoms with E-state index in [0.29, 0.717) is 17.7 Å². The number of hydrogen-bond acceptors (Lipinski definition) is 3. The SMILES string of the molecule is O=C1CC(c2cccs2)Oc2ccccc21. The molecule has 0 bridgehead atoms. The molecule has 2 nitrogen and oxygen atoms in total. The van der Waals surface area contributed by atoms with E-state index in [2.05, 4.69) is 0 Å². The van der Waals surface area contributed by atoms with Gasteiger partial charge in [0, 0.05) is 4.88 Å². The van der Waals surface area contributed by atoms with E-state index in [-0.39, 0.29) is 11.9 Å². The number of hydrogen-bond donors (Lipinski definition) is 0. The molecule has 1 aromatic carbocycles. The standard InChI is InChI=1S/C13H10O2S/c14-10-8-12(13-6-3-7-16-13)15-11-5-2-1-4-9(10)11/h1-7,12H,8H2. The second-order valence-corrected chi connectivity index (χ2v) is 4.72. The number of carbonyl (C=O) groups excluding carboxylic acids is 1. The highest BCUT2D eigenvalue weighted by Gasteiger charge is 2.27. The Morgan fingerprint density at radius 3 is 2.88 bits per heavy atom. The molecule has 0 fully saturated rings. The Bertz CT molecular complexity index is 516. The number of ketones is 1. The Morgan fingerprint density at radius 2 is 2.06 bits per heavy atom. The smallest absolute Gasteiger partial charge is 0.170 e. The van der Waals surface area contributed by atoms with Crippen LogP contribution in [0.3, 0.4) is 0 Å². The van der Waals surface area contributed by atoms with E-state index in [0.717, 1.165) is 4.88 Å². The fourth-order valence-corrected chi connectivity index (χ4v) is 2.66. The monoisotopic (exact) mass is 230 g/mol. The lowest BCUT2D eigenvalue weighted by Gasteiger charge is -2.24. The van der Waals surface area contributed by atoms with Crippen LogP contribution in [0.1, 0.15) is 27.8 Å². The largest absolute Gasteiger partial charge is 0.484 e. The summed E-state index contributed by atoms with van der Waals surface area (Å²) in [6.45, 7) is 0. The molecule has 3 heteroatoms. The molecule has 0 spiro atoms. The minimum Gasteiger partial charge on any atom is -0.484 e. The van der Waals surface area contributed by atoms with Crippen LogP contribution in [0.2, 0.25) is 0 Å². The quantitative estimate of drug-likeness (QED) is 0.750. The first-order chi connectivity index (χ1) is 7.84. The summed E-state index contributed by atoms with van der Waals surface area (Å²) >= 11 is 1.63. The van der Waals surface area contributed by atoms with Gasteiger partial charge in [0.2, 0.25) is 0 Å². The molecule has 2 heterocycles. The van der Waals surface area contributed by atoms with Crippen LogP contribution in [0, 0.1) is 0 Å². The molecule has 3 rings (SSSR count). The van der Waals surface area contributed by atoms with E-state index in [1.807, 2.05) is 41.8 Å². The second kappa shape index (κ2) is 3.76. The second-order valence-electron chi connectivity index (χ2n) is 3.75. The molecular formula is C13H10O2S. The van der Waals surface area contributed by atoms with Crippen molar-refractivity contribution in [2.24, 2.45) is 0 Å². The van der Waals surface area contributed by atoms with Crippen LogP contribution in [0.5, 0.6) is 5.75 Å². The molecule has 0 N–H and O–H groups in total. The van der Waals surface area contributed by atoms with Gasteiger partial charge in [0.25, 0.3) is 0 Å². The predicted octanol–water partition coefficient (Wildman–Crippen LogP) is 3.45. The average molecular weight is 230 g/mol. The average Bonchev–Trinajstić information content (AvgIpc) is 2.82. The summed E-state index contributed by atoms with van der Waals surface area (Å²) in [5, 5.41) is 2.00. The molecule has 2 aromatic rings. The number of thiophene rings is 1. The van der Waals surface area contributed by atoms with Crippen LogP contribution in [0.4, 0.5) is 0 Å². The first-order valence-electron chi connectivity index (χ1n) is 5.17. The van der Waals surface area contributed by atoms with Crippen LogP contribution in [-0.2, 0) is 0 Å². The lowest BCUT2D eigenvalue weighted by Crippen LogP contribution is -2.19. The normalized spacial score (nSPS) is 19.0. The fourth-order valence-electron chi connectivity index (χ4n) is 1.91. The third-order valence-corrected chi connectivity index (χ3v) is 3.65. The summed E-state index contributed by atoms with van der Waals surface area (Å²) < 4.78 is 5.84. The van der Waals surface area contributed by atoms with Crippen LogP contribution in [0.15, 0.2) is 41.8 Å². The third-order valence-electron chi connectivity index (χ3n) is 2.69. The highest BCUT2D eigenvalue weighted by molar-refractivity contribution is 7.10. The summed E-state index contributed by atoms with van der Waals surface area (Å²) in [5.74, 6) is 0.873. The van der Waals surface area contributed by atoms with Gasteiger partial charge >= 0.3 is 0 Å². The molecule has 16 heavy (non-hydrogen) atoms. The van der Waals surface area contributed by atoms with Gasteiger partial charge in [0.05, 0.1) is 12.0 Å². The molecule has 0 radical (unpaired) electrons. The summed E-state index contributed by atoms with van der Waals surface area (Å²) in [6, 6.07) is 11.4. The molecule has 1 aromatic heterocycles. The highest BCUT2D eigenvalue weighted by Crippen LogP contribution is 2.35. The van der Waals surface area contributed by atoms with Crippen molar-refractivity contribution < 1.29 is 9.53 Å². The number of carbonyl (C=O) groups is 1. The predicted molar refractivity (Wildman–Crippen MR) is 63.1 cm³/mol. The van der Waals surface area contributed by atoms with Crippen LogP contribution >= 0.6 is 11.3 Å². The summed E-state index contributed by atoms with van der Waals surface area (Å²) in [5.41, 5.74) is 0.704. The van der Waals surface area contributed by atoms with Gasteiger partial charge in [-0.1, -0.05) is 18.2 Å². The van der Waals surface area contributed by atoms with Gasteiger partial charge in [0.1, 0.15) is 11.9 Å². The fraction of sp³-hybridized carbons (Fsp3) is 0.154. The zero-order valence-corrected chi connectivity index (χ0v) is 9.37. The van der Waals surface area contributed by atoms with Crippen LogP contribution in [0.25, 0.3) is 0 Å². The Balaban J connectivity index is 1.98. The van der Waals surface area contributed by atoms with E-state index in [1.165, 1.54) is 0 Å². The Labute approximate surface area is 97.5 Å². The van der Waals surface area contributed by atoms with Gasteiger partial charge < -0.3 is 4.74 Å². The lowest BCUT2D eigenvalue weighted by atomic mass is 10.00. The van der Waals surface area contributed by atoms with Gasteiger partial charge in [-0.15, -0.1) is 11.3 Å². The molecule has 0 aliphatic carbocycles. The number of ether oxygens (including phenoxy) is 1. The van der Waals surface area contributed by atoms with Gasteiger partial charge in [-0.25, -0.2) is 0 Å². The molecule has 0 saturated heterocycles. The zero-order valence-electron chi connectivity index (χ0n) is 8.55. The van der Waals surface area contributed by atoms with Crippen molar-refractivity contribution in [1.82, 2.24) is 0 Å². The molecule has 1 atom stereocenters. The molecule has 1 aliphatic heterocycles.